The van der Waals surface area contributed by atoms with Crippen LogP contribution in [0.2, 0.25) is 0 Å². The molecule has 3 aromatic rings. The number of aromatic nitrogens is 2. The van der Waals surface area contributed by atoms with Crippen LogP contribution in [0.4, 0.5) is 0 Å². The molecule has 3 rings (SSSR count). The molecule has 0 atom stereocenters. The third kappa shape index (κ3) is 5.25. The van der Waals surface area contributed by atoms with E-state index >= 15 is 0 Å². The third-order valence-corrected chi connectivity index (χ3v) is 4.64. The summed E-state index contributed by atoms with van der Waals surface area (Å²) in [6.07, 6.45) is 0.958. The van der Waals surface area contributed by atoms with Crippen LogP contribution >= 0.6 is 0 Å². The summed E-state index contributed by atoms with van der Waals surface area (Å²) < 4.78 is 8.15. The van der Waals surface area contributed by atoms with Gasteiger partial charge in [0.1, 0.15) is 5.75 Å². The van der Waals surface area contributed by atoms with Crippen LogP contribution in [0.25, 0.3) is 5.69 Å². The smallest absolute Gasteiger partial charge is 0.226 e. The third-order valence-electron chi connectivity index (χ3n) is 4.64. The van der Waals surface area contributed by atoms with Gasteiger partial charge in [0, 0.05) is 18.0 Å². The molecule has 1 N–H and O–H groups in total. The first kappa shape index (κ1) is 20.6. The summed E-state index contributed by atoms with van der Waals surface area (Å²) >= 11 is 0. The molecule has 0 fully saturated rings. The van der Waals surface area contributed by atoms with Gasteiger partial charge >= 0.3 is 0 Å². The van der Waals surface area contributed by atoms with Crippen LogP contribution in [0, 0.1) is 20.8 Å². The first-order chi connectivity index (χ1) is 13.8. The Labute approximate surface area is 172 Å². The van der Waals surface area contributed by atoms with E-state index in [0.29, 0.717) is 18.7 Å². The van der Waals surface area contributed by atoms with Gasteiger partial charge in [-0.3, -0.25) is 4.79 Å². The topological polar surface area (TPSA) is 56.1 Å². The number of hydrogen-bond acceptors (Lipinski definition) is 3. The Morgan fingerprint density at radius 1 is 1.07 bits per heavy atom. The molecule has 0 aliphatic heterocycles. The lowest BCUT2D eigenvalue weighted by molar-refractivity contribution is -0.121. The first-order valence-electron chi connectivity index (χ1n) is 10.0. The van der Waals surface area contributed by atoms with Crippen molar-refractivity contribution in [2.75, 3.05) is 0 Å². The molecule has 0 saturated carbocycles. The Morgan fingerprint density at radius 3 is 2.41 bits per heavy atom. The minimum atomic E-state index is 0.0317. The molecule has 29 heavy (non-hydrogen) atoms. The molecule has 5 heteroatoms. The average molecular weight is 392 g/mol. The van der Waals surface area contributed by atoms with Gasteiger partial charge in [0.2, 0.25) is 11.8 Å². The summed E-state index contributed by atoms with van der Waals surface area (Å²) in [6, 6.07) is 16.2. The fourth-order valence-electron chi connectivity index (χ4n) is 3.29. The lowest BCUT2D eigenvalue weighted by Crippen LogP contribution is -2.30. The highest BCUT2D eigenvalue weighted by Crippen LogP contribution is 2.32. The Kier molecular flexibility index (Phi) is 6.37. The van der Waals surface area contributed by atoms with E-state index < -0.39 is 0 Å². The van der Waals surface area contributed by atoms with Crippen LogP contribution in [0.3, 0.4) is 0 Å². The summed E-state index contributed by atoms with van der Waals surface area (Å²) in [4.78, 5) is 12.2. The van der Waals surface area contributed by atoms with Crippen molar-refractivity contribution in [1.29, 1.82) is 0 Å². The maximum Gasteiger partial charge on any atom is 0.226 e. The largest absolute Gasteiger partial charge is 0.439 e. The number of carbonyl (C=O) groups is 1. The Hall–Kier alpha value is -3.08. The van der Waals surface area contributed by atoms with E-state index in [2.05, 4.69) is 24.4 Å². The quantitative estimate of drug-likeness (QED) is 0.613. The molecule has 0 saturated heterocycles. The number of benzene rings is 2. The van der Waals surface area contributed by atoms with Gasteiger partial charge in [-0.15, -0.1) is 0 Å². The van der Waals surface area contributed by atoms with E-state index in [1.165, 1.54) is 0 Å². The summed E-state index contributed by atoms with van der Waals surface area (Å²) in [6.45, 7) is 9.98. The SMILES string of the molecule is Cc1cccc(Oc2c(CCC(=O)NC(C)C)c(C)nn2-c2cccc(C)c2)c1. The lowest BCUT2D eigenvalue weighted by Gasteiger charge is -2.13. The fraction of sp³-hybridized carbons (Fsp3) is 0.333. The van der Waals surface area contributed by atoms with Gasteiger partial charge < -0.3 is 10.1 Å². The number of nitrogens with one attached hydrogen (secondary N) is 1. The molecule has 5 nitrogen and oxygen atoms in total. The lowest BCUT2D eigenvalue weighted by atomic mass is 10.1. The highest BCUT2D eigenvalue weighted by molar-refractivity contribution is 5.76. The van der Waals surface area contributed by atoms with Crippen molar-refractivity contribution in [3.63, 3.8) is 0 Å². The number of carbonyl (C=O) groups excluding carboxylic acids is 1. The van der Waals surface area contributed by atoms with Crippen molar-refractivity contribution in [2.24, 2.45) is 0 Å². The minimum absolute atomic E-state index is 0.0317. The van der Waals surface area contributed by atoms with Crippen molar-refractivity contribution < 1.29 is 9.53 Å². The molecule has 0 radical (unpaired) electrons. The van der Waals surface area contributed by atoms with Gasteiger partial charge in [0.15, 0.2) is 0 Å². The Bertz CT molecular complexity index is 1010. The van der Waals surface area contributed by atoms with Crippen molar-refractivity contribution in [2.45, 2.75) is 53.5 Å². The Morgan fingerprint density at radius 2 is 1.76 bits per heavy atom. The van der Waals surface area contributed by atoms with Gasteiger partial charge in [0.05, 0.1) is 11.4 Å². The summed E-state index contributed by atoms with van der Waals surface area (Å²) in [5, 5.41) is 7.69. The zero-order valence-corrected chi connectivity index (χ0v) is 17.8. The number of hydrogen-bond donors (Lipinski definition) is 1. The normalized spacial score (nSPS) is 11.0. The highest BCUT2D eigenvalue weighted by atomic mass is 16.5. The maximum absolute atomic E-state index is 12.2. The molecule has 1 aromatic heterocycles. The zero-order chi connectivity index (χ0) is 21.0. The van der Waals surface area contributed by atoms with Crippen molar-refractivity contribution in [3.8, 4) is 17.3 Å². The van der Waals surface area contributed by atoms with Gasteiger partial charge in [-0.05, 0) is 76.4 Å². The number of amides is 1. The molecule has 0 unspecified atom stereocenters. The van der Waals surface area contributed by atoms with Crippen molar-refractivity contribution in [1.82, 2.24) is 15.1 Å². The van der Waals surface area contributed by atoms with E-state index in [1.54, 1.807) is 0 Å². The molecule has 2 aromatic carbocycles. The van der Waals surface area contributed by atoms with Gasteiger partial charge in [0.25, 0.3) is 0 Å². The molecule has 1 heterocycles. The molecule has 0 bridgehead atoms. The van der Waals surface area contributed by atoms with Crippen LogP contribution in [0.5, 0.6) is 11.6 Å². The maximum atomic E-state index is 12.2. The van der Waals surface area contributed by atoms with Crippen LogP contribution in [0.1, 0.15) is 42.7 Å². The molecular formula is C24H29N3O2. The number of ether oxygens (including phenoxy) is 1. The number of rotatable bonds is 7. The Balaban J connectivity index is 1.99. The average Bonchev–Trinajstić information content (AvgIpc) is 2.95. The second-order valence-electron chi connectivity index (χ2n) is 7.76. The van der Waals surface area contributed by atoms with Crippen molar-refractivity contribution in [3.05, 3.63) is 70.9 Å². The van der Waals surface area contributed by atoms with Crippen LogP contribution in [-0.2, 0) is 11.2 Å². The van der Waals surface area contributed by atoms with E-state index in [1.807, 2.05) is 68.8 Å². The summed E-state index contributed by atoms with van der Waals surface area (Å²) in [5.74, 6) is 1.45. The molecule has 0 aliphatic carbocycles. The number of aryl methyl sites for hydroxylation is 3. The van der Waals surface area contributed by atoms with E-state index in [0.717, 1.165) is 33.8 Å². The standard InChI is InChI=1S/C24H29N3O2/c1-16(2)25-23(28)13-12-22-19(5)26-27(20-10-6-8-17(3)14-20)24(22)29-21-11-7-9-18(4)15-21/h6-11,14-16H,12-13H2,1-5H3,(H,25,28). The van der Waals surface area contributed by atoms with Gasteiger partial charge in [-0.1, -0.05) is 24.3 Å². The zero-order valence-electron chi connectivity index (χ0n) is 17.8. The van der Waals surface area contributed by atoms with E-state index in [-0.39, 0.29) is 11.9 Å². The minimum Gasteiger partial charge on any atom is -0.439 e. The monoisotopic (exact) mass is 391 g/mol. The van der Waals surface area contributed by atoms with Gasteiger partial charge in [-0.2, -0.15) is 5.10 Å². The van der Waals surface area contributed by atoms with Crippen LogP contribution in [-0.4, -0.2) is 21.7 Å². The van der Waals surface area contributed by atoms with Gasteiger partial charge in [-0.25, -0.2) is 4.68 Å². The molecular weight excluding hydrogens is 362 g/mol. The van der Waals surface area contributed by atoms with Crippen LogP contribution in [0.15, 0.2) is 48.5 Å². The second kappa shape index (κ2) is 8.95. The summed E-state index contributed by atoms with van der Waals surface area (Å²) in [7, 11) is 0. The fourth-order valence-corrected chi connectivity index (χ4v) is 3.29. The summed E-state index contributed by atoms with van der Waals surface area (Å²) in [5.41, 5.74) is 5.03. The van der Waals surface area contributed by atoms with Crippen molar-refractivity contribution >= 4 is 5.91 Å². The molecule has 152 valence electrons. The van der Waals surface area contributed by atoms with Crippen LogP contribution < -0.4 is 10.1 Å². The predicted octanol–water partition coefficient (Wildman–Crippen LogP) is 5.05. The number of nitrogens with zero attached hydrogens (tertiary/aromatic N) is 2. The highest BCUT2D eigenvalue weighted by Gasteiger charge is 2.20. The second-order valence-corrected chi connectivity index (χ2v) is 7.76. The van der Waals surface area contributed by atoms with E-state index in [9.17, 15) is 4.79 Å². The first-order valence-corrected chi connectivity index (χ1v) is 10.0. The molecule has 0 aliphatic rings. The predicted molar refractivity (Wildman–Crippen MR) is 116 cm³/mol. The van der Waals surface area contributed by atoms with E-state index in [4.69, 9.17) is 9.84 Å². The molecule has 1 amide bonds. The molecule has 0 spiro atoms.